The molecule has 0 saturated heterocycles. The van der Waals surface area contributed by atoms with Crippen molar-refractivity contribution in [3.63, 3.8) is 0 Å². The Bertz CT molecular complexity index is 1670. The molecule has 0 aliphatic rings. The molecule has 0 unspecified atom stereocenters. The van der Waals surface area contributed by atoms with Crippen LogP contribution in [0.5, 0.6) is 5.75 Å². The van der Waals surface area contributed by atoms with Gasteiger partial charge >= 0.3 is 0 Å². The van der Waals surface area contributed by atoms with Crippen LogP contribution in [0.25, 0.3) is 23.5 Å². The van der Waals surface area contributed by atoms with Gasteiger partial charge in [0.2, 0.25) is 5.91 Å². The molecule has 0 fully saturated rings. The van der Waals surface area contributed by atoms with Crippen molar-refractivity contribution in [2.24, 2.45) is 5.41 Å². The molecule has 2 aromatic heterocycles. The van der Waals surface area contributed by atoms with Crippen molar-refractivity contribution in [3.05, 3.63) is 96.0 Å². The maximum absolute atomic E-state index is 13.4. The topological polar surface area (TPSA) is 90.5 Å². The maximum atomic E-state index is 13.4. The smallest absolute Gasteiger partial charge is 0.269 e. The van der Waals surface area contributed by atoms with Crippen LogP contribution in [0.15, 0.2) is 74.3 Å². The summed E-state index contributed by atoms with van der Waals surface area (Å²) in [6.45, 7) is 5.50. The molecule has 0 aliphatic carbocycles. The van der Waals surface area contributed by atoms with Crippen LogP contribution < -0.4 is 24.8 Å². The number of carbonyl (C=O) groups is 2. The number of amides is 1. The van der Waals surface area contributed by atoms with Gasteiger partial charge in [-0.1, -0.05) is 67.0 Å². The van der Waals surface area contributed by atoms with E-state index in [0.29, 0.717) is 27.3 Å². The number of nitrogens with one attached hydrogen (secondary N) is 1. The lowest BCUT2D eigenvalue weighted by Crippen LogP contribution is -2.38. The van der Waals surface area contributed by atoms with Crippen molar-refractivity contribution in [3.8, 4) is 17.1 Å². The molecule has 1 amide bonds. The number of ether oxygens (including phenoxy) is 1. The number of benzene rings is 2. The van der Waals surface area contributed by atoms with Crippen LogP contribution >= 0.6 is 27.3 Å². The molecule has 0 aliphatic heterocycles. The highest BCUT2D eigenvalue weighted by Crippen LogP contribution is 2.29. The molecular formula is C30H29BrN2O5S. The Balaban J connectivity index is 1.65. The van der Waals surface area contributed by atoms with E-state index in [9.17, 15) is 14.4 Å². The highest BCUT2D eigenvalue weighted by Gasteiger charge is 2.20. The SMILES string of the molecule is COc1ccc(CNC(=O)Cn2c(=O)/c(=C\c3ccc(-c4ccccc4Br)o3)s/c2=C\C(=O)C(C)(C)C)cc1. The normalized spacial score (nSPS) is 12.5. The number of nitrogens with zero attached hydrogens (tertiary/aromatic N) is 1. The molecule has 4 rings (SSSR count). The van der Waals surface area contributed by atoms with Gasteiger partial charge in [0, 0.05) is 34.1 Å². The largest absolute Gasteiger partial charge is 0.497 e. The molecule has 2 aromatic carbocycles. The number of hydrogen-bond donors (Lipinski definition) is 1. The van der Waals surface area contributed by atoms with Crippen LogP contribution in [0.2, 0.25) is 0 Å². The second kappa shape index (κ2) is 12.0. The second-order valence-corrected chi connectivity index (χ2v) is 11.8. The van der Waals surface area contributed by atoms with Crippen molar-refractivity contribution in [2.75, 3.05) is 7.11 Å². The summed E-state index contributed by atoms with van der Waals surface area (Å²) in [4.78, 5) is 39.0. The molecule has 0 radical (unpaired) electrons. The monoisotopic (exact) mass is 608 g/mol. The maximum Gasteiger partial charge on any atom is 0.269 e. The lowest BCUT2D eigenvalue weighted by atomic mass is 9.91. The van der Waals surface area contributed by atoms with Crippen molar-refractivity contribution >= 4 is 51.1 Å². The highest BCUT2D eigenvalue weighted by atomic mass is 79.9. The molecule has 0 spiro atoms. The van der Waals surface area contributed by atoms with Gasteiger partial charge in [0.1, 0.15) is 28.5 Å². The van der Waals surface area contributed by atoms with Gasteiger partial charge in [-0.2, -0.15) is 0 Å². The molecule has 0 saturated carbocycles. The molecule has 0 atom stereocenters. The molecule has 7 nitrogen and oxygen atoms in total. The summed E-state index contributed by atoms with van der Waals surface area (Å²) in [5, 5.41) is 2.84. The Hall–Kier alpha value is -3.69. The second-order valence-electron chi connectivity index (χ2n) is 9.91. The van der Waals surface area contributed by atoms with E-state index in [1.165, 1.54) is 10.6 Å². The van der Waals surface area contributed by atoms with E-state index in [4.69, 9.17) is 9.15 Å². The van der Waals surface area contributed by atoms with Gasteiger partial charge in [0.15, 0.2) is 5.78 Å². The third-order valence-corrected chi connectivity index (χ3v) is 7.67. The number of Topliss-reactive ketones (excluding diaryl/α,β-unsaturated/α-hetero) is 1. The van der Waals surface area contributed by atoms with Gasteiger partial charge in [-0.3, -0.25) is 19.0 Å². The Morgan fingerprint density at radius 2 is 1.79 bits per heavy atom. The zero-order valence-electron chi connectivity index (χ0n) is 22.1. The lowest BCUT2D eigenvalue weighted by molar-refractivity contribution is -0.122. The first kappa shape index (κ1) is 28.3. The summed E-state index contributed by atoms with van der Waals surface area (Å²) >= 11 is 4.68. The van der Waals surface area contributed by atoms with E-state index in [2.05, 4.69) is 21.2 Å². The van der Waals surface area contributed by atoms with Crippen LogP contribution in [0.4, 0.5) is 0 Å². The molecule has 2 heterocycles. The van der Waals surface area contributed by atoms with Gasteiger partial charge in [0.05, 0.1) is 11.6 Å². The highest BCUT2D eigenvalue weighted by molar-refractivity contribution is 9.10. The molecule has 1 N–H and O–H groups in total. The van der Waals surface area contributed by atoms with Crippen LogP contribution in [0.3, 0.4) is 0 Å². The lowest BCUT2D eigenvalue weighted by Gasteiger charge is -2.13. The molecule has 4 aromatic rings. The third kappa shape index (κ3) is 7.04. The van der Waals surface area contributed by atoms with Gasteiger partial charge in [-0.05, 0) is 35.9 Å². The van der Waals surface area contributed by atoms with Crippen molar-refractivity contribution in [2.45, 2.75) is 33.9 Å². The number of ketones is 1. The van der Waals surface area contributed by atoms with E-state index in [-0.39, 0.29) is 23.8 Å². The standard InChI is InChI=1S/C30H29BrN2O5S/c1-30(2,3)26(34)16-28-33(18-27(35)32-17-19-9-11-20(37-4)12-10-19)29(36)25(39-28)15-21-13-14-24(38-21)22-7-5-6-8-23(22)31/h5-16H,17-18H2,1-4H3,(H,32,35)/b25-15+,28-16-. The molecule has 0 bridgehead atoms. The summed E-state index contributed by atoms with van der Waals surface area (Å²) in [5.41, 5.74) is 0.777. The first-order chi connectivity index (χ1) is 18.5. The Morgan fingerprint density at radius 1 is 1.08 bits per heavy atom. The predicted octanol–water partition coefficient (Wildman–Crippen LogP) is 4.48. The average Bonchev–Trinajstić information content (AvgIpc) is 3.48. The van der Waals surface area contributed by atoms with Gasteiger partial charge in [0.25, 0.3) is 5.56 Å². The van der Waals surface area contributed by atoms with Crippen LogP contribution in [-0.4, -0.2) is 23.4 Å². The molecule has 9 heteroatoms. The molecule has 202 valence electrons. The Labute approximate surface area is 238 Å². The fraction of sp³-hybridized carbons (Fsp3) is 0.233. The van der Waals surface area contributed by atoms with Crippen molar-refractivity contribution in [1.82, 2.24) is 9.88 Å². The third-order valence-electron chi connectivity index (χ3n) is 5.92. The molecule has 39 heavy (non-hydrogen) atoms. The van der Waals surface area contributed by atoms with E-state index >= 15 is 0 Å². The number of aromatic nitrogens is 1. The number of rotatable bonds is 8. The molecular weight excluding hydrogens is 580 g/mol. The summed E-state index contributed by atoms with van der Waals surface area (Å²) in [6, 6.07) is 18.6. The van der Waals surface area contributed by atoms with Crippen molar-refractivity contribution < 1.29 is 18.7 Å². The van der Waals surface area contributed by atoms with Crippen LogP contribution in [-0.2, 0) is 22.7 Å². The minimum absolute atomic E-state index is 0.142. The summed E-state index contributed by atoms with van der Waals surface area (Å²) in [5.74, 6) is 1.38. The minimum Gasteiger partial charge on any atom is -0.497 e. The zero-order valence-corrected chi connectivity index (χ0v) is 24.5. The fourth-order valence-electron chi connectivity index (χ4n) is 3.63. The van der Waals surface area contributed by atoms with Crippen LogP contribution in [0.1, 0.15) is 32.1 Å². The van der Waals surface area contributed by atoms with Crippen molar-refractivity contribution in [1.29, 1.82) is 0 Å². The van der Waals surface area contributed by atoms with Gasteiger partial charge < -0.3 is 14.5 Å². The number of halogens is 1. The predicted molar refractivity (Wildman–Crippen MR) is 157 cm³/mol. The minimum atomic E-state index is -0.635. The Kier molecular flexibility index (Phi) is 8.72. The Morgan fingerprint density at radius 3 is 2.46 bits per heavy atom. The number of methoxy groups -OCH3 is 1. The van der Waals surface area contributed by atoms with Crippen LogP contribution in [0, 0.1) is 5.41 Å². The van der Waals surface area contributed by atoms with Gasteiger partial charge in [-0.25, -0.2) is 0 Å². The summed E-state index contributed by atoms with van der Waals surface area (Å²) < 4.78 is 14.1. The first-order valence-electron chi connectivity index (χ1n) is 12.3. The van der Waals surface area contributed by atoms with E-state index in [0.717, 1.165) is 32.7 Å². The summed E-state index contributed by atoms with van der Waals surface area (Å²) in [7, 11) is 1.59. The number of furan rings is 1. The number of hydrogen-bond acceptors (Lipinski definition) is 6. The van der Waals surface area contributed by atoms with E-state index in [1.54, 1.807) is 19.3 Å². The van der Waals surface area contributed by atoms with E-state index in [1.807, 2.05) is 75.4 Å². The number of carbonyl (C=O) groups excluding carboxylic acids is 2. The quantitative estimate of drug-likeness (QED) is 0.318. The number of thiazole rings is 1. The fourth-order valence-corrected chi connectivity index (χ4v) is 5.13. The zero-order chi connectivity index (χ0) is 28.2. The first-order valence-corrected chi connectivity index (χ1v) is 13.9. The summed E-state index contributed by atoms with van der Waals surface area (Å²) in [6.07, 6.45) is 3.08. The van der Waals surface area contributed by atoms with Gasteiger partial charge in [-0.15, -0.1) is 11.3 Å². The average molecular weight is 610 g/mol. The van der Waals surface area contributed by atoms with E-state index < -0.39 is 5.41 Å².